The molecule has 5 nitrogen and oxygen atoms in total. The van der Waals surface area contributed by atoms with Crippen molar-refractivity contribution >= 4 is 21.2 Å². The van der Waals surface area contributed by atoms with Crippen LogP contribution in [0.4, 0.5) is 0 Å². The van der Waals surface area contributed by atoms with Crippen LogP contribution < -0.4 is 0 Å². The third-order valence-corrected chi connectivity index (χ3v) is 4.08. The summed E-state index contributed by atoms with van der Waals surface area (Å²) in [5.41, 5.74) is 0. The van der Waals surface area contributed by atoms with E-state index in [0.29, 0.717) is 5.89 Å². The van der Waals surface area contributed by atoms with Crippen LogP contribution in [0.25, 0.3) is 10.8 Å². The summed E-state index contributed by atoms with van der Waals surface area (Å²) in [4.78, 5) is 6.16. The summed E-state index contributed by atoms with van der Waals surface area (Å²) in [5.74, 6) is 0.394. The molecule has 0 aliphatic heterocycles. The Morgan fingerprint density at radius 1 is 1.41 bits per heavy atom. The summed E-state index contributed by atoms with van der Waals surface area (Å²) in [6.07, 6.45) is 2.10. The van der Waals surface area contributed by atoms with Crippen LogP contribution in [0.3, 0.4) is 0 Å². The zero-order valence-corrected chi connectivity index (χ0v) is 11.1. The molecule has 2 aromatic heterocycles. The van der Waals surface area contributed by atoms with E-state index in [4.69, 9.17) is 4.52 Å². The van der Waals surface area contributed by atoms with Gasteiger partial charge in [-0.05, 0) is 18.6 Å². The van der Waals surface area contributed by atoms with Gasteiger partial charge in [-0.1, -0.05) is 12.1 Å². The maximum atomic E-state index is 11.1. The van der Waals surface area contributed by atoms with E-state index in [-0.39, 0.29) is 11.6 Å². The van der Waals surface area contributed by atoms with Crippen LogP contribution in [0.2, 0.25) is 0 Å². The topological polar surface area (TPSA) is 73.1 Å². The molecule has 2 heterocycles. The average Bonchev–Trinajstić information content (AvgIpc) is 2.82. The SMILES string of the molecule is CCc1ccc(-c2nc(CS(C)(=O)=O)no2)s1. The molecule has 0 saturated heterocycles. The van der Waals surface area contributed by atoms with Crippen molar-refractivity contribution in [1.29, 1.82) is 0 Å². The standard InChI is InChI=1S/C10H12N2O3S2/c1-3-7-4-5-8(16-7)10-11-9(12-15-10)6-17(2,13)14/h4-5H,3,6H2,1-2H3. The van der Waals surface area contributed by atoms with E-state index < -0.39 is 9.84 Å². The minimum atomic E-state index is -3.13. The van der Waals surface area contributed by atoms with E-state index in [9.17, 15) is 8.42 Å². The van der Waals surface area contributed by atoms with Gasteiger partial charge < -0.3 is 4.52 Å². The van der Waals surface area contributed by atoms with Crippen molar-refractivity contribution in [2.45, 2.75) is 19.1 Å². The molecule has 2 aromatic rings. The molecule has 0 bridgehead atoms. The number of hydrogen-bond acceptors (Lipinski definition) is 6. The number of aromatic nitrogens is 2. The van der Waals surface area contributed by atoms with Gasteiger partial charge in [-0.15, -0.1) is 11.3 Å². The molecule has 7 heteroatoms. The fourth-order valence-electron chi connectivity index (χ4n) is 1.33. The van der Waals surface area contributed by atoms with E-state index in [1.807, 2.05) is 12.1 Å². The normalized spacial score (nSPS) is 11.9. The lowest BCUT2D eigenvalue weighted by Gasteiger charge is -1.88. The van der Waals surface area contributed by atoms with E-state index in [2.05, 4.69) is 17.1 Å². The van der Waals surface area contributed by atoms with Crippen LogP contribution in [-0.2, 0) is 22.0 Å². The van der Waals surface area contributed by atoms with Crippen LogP contribution in [0.5, 0.6) is 0 Å². The van der Waals surface area contributed by atoms with E-state index in [1.165, 1.54) is 4.88 Å². The minimum absolute atomic E-state index is 0.192. The Bertz CT molecular complexity index is 613. The van der Waals surface area contributed by atoms with Crippen molar-refractivity contribution in [2.75, 3.05) is 6.26 Å². The lowest BCUT2D eigenvalue weighted by atomic mass is 10.4. The highest BCUT2D eigenvalue weighted by Gasteiger charge is 2.14. The summed E-state index contributed by atoms with van der Waals surface area (Å²) in [6.45, 7) is 2.07. The summed E-state index contributed by atoms with van der Waals surface area (Å²) < 4.78 is 27.2. The molecule has 0 fully saturated rings. The largest absolute Gasteiger partial charge is 0.333 e. The molecule has 0 unspecified atom stereocenters. The van der Waals surface area contributed by atoms with Gasteiger partial charge >= 0.3 is 0 Å². The lowest BCUT2D eigenvalue weighted by molar-refractivity contribution is 0.425. The van der Waals surface area contributed by atoms with Gasteiger partial charge in [-0.3, -0.25) is 0 Å². The van der Waals surface area contributed by atoms with Crippen molar-refractivity contribution in [3.8, 4) is 10.8 Å². The fraction of sp³-hybridized carbons (Fsp3) is 0.400. The second-order valence-corrected chi connectivity index (χ2v) is 7.01. The highest BCUT2D eigenvalue weighted by molar-refractivity contribution is 7.89. The number of aryl methyl sites for hydroxylation is 1. The van der Waals surface area contributed by atoms with Gasteiger partial charge in [0.05, 0.1) is 4.88 Å². The number of hydrogen-bond donors (Lipinski definition) is 0. The Morgan fingerprint density at radius 2 is 2.18 bits per heavy atom. The summed E-state index contributed by atoms with van der Waals surface area (Å²) in [5, 5.41) is 3.65. The van der Waals surface area contributed by atoms with Gasteiger partial charge in [0.25, 0.3) is 5.89 Å². The summed E-state index contributed by atoms with van der Waals surface area (Å²) in [6, 6.07) is 3.90. The number of thiophene rings is 1. The van der Waals surface area contributed by atoms with Gasteiger partial charge in [-0.2, -0.15) is 4.98 Å². The molecule has 0 aromatic carbocycles. The van der Waals surface area contributed by atoms with Crippen LogP contribution in [-0.4, -0.2) is 24.8 Å². The Morgan fingerprint density at radius 3 is 2.76 bits per heavy atom. The molecule has 0 aliphatic rings. The predicted octanol–water partition coefficient (Wildman–Crippen LogP) is 1.91. The average molecular weight is 272 g/mol. The van der Waals surface area contributed by atoms with Crippen molar-refractivity contribution in [2.24, 2.45) is 0 Å². The third-order valence-electron chi connectivity index (χ3n) is 2.08. The third kappa shape index (κ3) is 3.13. The van der Waals surface area contributed by atoms with Crippen LogP contribution in [0, 0.1) is 0 Å². The molecule has 0 spiro atoms. The first-order chi connectivity index (χ1) is 7.98. The molecular weight excluding hydrogens is 260 g/mol. The Labute approximate surface area is 103 Å². The molecule has 2 rings (SSSR count). The second-order valence-electron chi connectivity index (χ2n) is 3.71. The van der Waals surface area contributed by atoms with Crippen molar-refractivity contribution < 1.29 is 12.9 Å². The van der Waals surface area contributed by atoms with Gasteiger partial charge in [0.15, 0.2) is 15.7 Å². The van der Waals surface area contributed by atoms with Crippen molar-refractivity contribution in [3.63, 3.8) is 0 Å². The second kappa shape index (κ2) is 4.58. The first kappa shape index (κ1) is 12.3. The molecule has 0 N–H and O–H groups in total. The minimum Gasteiger partial charge on any atom is -0.333 e. The van der Waals surface area contributed by atoms with Crippen LogP contribution >= 0.6 is 11.3 Å². The van der Waals surface area contributed by atoms with Gasteiger partial charge in [-0.25, -0.2) is 8.42 Å². The van der Waals surface area contributed by atoms with Crippen LogP contribution in [0.15, 0.2) is 16.7 Å². The molecule has 0 saturated carbocycles. The Balaban J connectivity index is 2.23. The van der Waals surface area contributed by atoms with Gasteiger partial charge in [0, 0.05) is 11.1 Å². The van der Waals surface area contributed by atoms with Crippen LogP contribution in [0.1, 0.15) is 17.6 Å². The van der Waals surface area contributed by atoms with E-state index in [1.54, 1.807) is 11.3 Å². The molecule has 0 aliphatic carbocycles. The Kier molecular flexibility index (Phi) is 3.30. The highest BCUT2D eigenvalue weighted by Crippen LogP contribution is 2.27. The van der Waals surface area contributed by atoms with Crippen molar-refractivity contribution in [3.05, 3.63) is 22.8 Å². The molecule has 92 valence electrons. The van der Waals surface area contributed by atoms with E-state index >= 15 is 0 Å². The quantitative estimate of drug-likeness (QED) is 0.850. The molecule has 0 amide bonds. The highest BCUT2D eigenvalue weighted by atomic mass is 32.2. The van der Waals surface area contributed by atoms with Crippen molar-refractivity contribution in [1.82, 2.24) is 10.1 Å². The monoisotopic (exact) mass is 272 g/mol. The van der Waals surface area contributed by atoms with E-state index in [0.717, 1.165) is 17.6 Å². The number of rotatable bonds is 4. The maximum Gasteiger partial charge on any atom is 0.268 e. The molecular formula is C10H12N2O3S2. The molecule has 17 heavy (non-hydrogen) atoms. The number of sulfone groups is 1. The lowest BCUT2D eigenvalue weighted by Crippen LogP contribution is -2.02. The first-order valence-corrected chi connectivity index (χ1v) is 7.95. The van der Waals surface area contributed by atoms with Gasteiger partial charge in [0.1, 0.15) is 5.75 Å². The fourth-order valence-corrected chi connectivity index (χ4v) is 2.79. The number of nitrogens with zero attached hydrogens (tertiary/aromatic N) is 2. The maximum absolute atomic E-state index is 11.1. The molecule has 0 atom stereocenters. The molecule has 0 radical (unpaired) electrons. The van der Waals surface area contributed by atoms with Gasteiger partial charge in [0.2, 0.25) is 0 Å². The first-order valence-electron chi connectivity index (χ1n) is 5.07. The summed E-state index contributed by atoms with van der Waals surface area (Å²) >= 11 is 1.57. The zero-order valence-electron chi connectivity index (χ0n) is 9.50. The zero-order chi connectivity index (χ0) is 12.5. The predicted molar refractivity (Wildman–Crippen MR) is 65.5 cm³/mol. The smallest absolute Gasteiger partial charge is 0.268 e. The summed E-state index contributed by atoms with van der Waals surface area (Å²) in [7, 11) is -3.13. The Hall–Kier alpha value is -1.21.